The van der Waals surface area contributed by atoms with Crippen molar-refractivity contribution in [3.8, 4) is 0 Å². The maximum absolute atomic E-state index is 4.56. The summed E-state index contributed by atoms with van der Waals surface area (Å²) >= 11 is 0. The van der Waals surface area contributed by atoms with Gasteiger partial charge in [-0.3, -0.25) is 0 Å². The Hall–Kier alpha value is -1.91. The second-order valence-electron chi connectivity index (χ2n) is 7.18. The molecular formula is C21H30N4. The van der Waals surface area contributed by atoms with E-state index < -0.39 is 0 Å². The van der Waals surface area contributed by atoms with Gasteiger partial charge in [0, 0.05) is 38.4 Å². The van der Waals surface area contributed by atoms with Crippen LogP contribution >= 0.6 is 0 Å². The number of aromatic nitrogens is 1. The normalized spacial score (nSPS) is 21.2. The van der Waals surface area contributed by atoms with E-state index in [1.807, 2.05) is 12.3 Å². The third-order valence-corrected chi connectivity index (χ3v) is 5.09. The molecule has 0 spiro atoms. The summed E-state index contributed by atoms with van der Waals surface area (Å²) in [4.78, 5) is 9.35. The number of anilines is 1. The van der Waals surface area contributed by atoms with Crippen LogP contribution in [0.25, 0.3) is 0 Å². The largest absolute Gasteiger partial charge is 0.351 e. The molecule has 0 radical (unpaired) electrons. The summed E-state index contributed by atoms with van der Waals surface area (Å²) in [6.45, 7) is 7.57. The Labute approximate surface area is 151 Å². The molecule has 25 heavy (non-hydrogen) atoms. The number of rotatable bonds is 7. The highest BCUT2D eigenvalue weighted by molar-refractivity contribution is 5.39. The van der Waals surface area contributed by atoms with Crippen molar-refractivity contribution >= 4 is 5.82 Å². The minimum Gasteiger partial charge on any atom is -0.351 e. The average molecular weight is 338 g/mol. The third-order valence-electron chi connectivity index (χ3n) is 5.09. The predicted molar refractivity (Wildman–Crippen MR) is 105 cm³/mol. The van der Waals surface area contributed by atoms with E-state index >= 15 is 0 Å². The summed E-state index contributed by atoms with van der Waals surface area (Å²) in [6.07, 6.45) is 3.11. The maximum atomic E-state index is 4.56. The molecule has 0 bridgehead atoms. The summed E-state index contributed by atoms with van der Waals surface area (Å²) < 4.78 is 0. The molecule has 4 nitrogen and oxygen atoms in total. The van der Waals surface area contributed by atoms with Crippen LogP contribution in [0.4, 0.5) is 5.82 Å². The number of piperidine rings is 1. The third kappa shape index (κ3) is 5.28. The number of hydrogen-bond acceptors (Lipinski definition) is 4. The summed E-state index contributed by atoms with van der Waals surface area (Å²) in [5.41, 5.74) is 1.32. The molecule has 2 heterocycles. The maximum Gasteiger partial charge on any atom is 0.128 e. The first-order valence-electron chi connectivity index (χ1n) is 9.34. The highest BCUT2D eigenvalue weighted by Gasteiger charge is 2.23. The van der Waals surface area contributed by atoms with Crippen LogP contribution in [-0.4, -0.2) is 49.2 Å². The van der Waals surface area contributed by atoms with Crippen molar-refractivity contribution in [2.24, 2.45) is 5.92 Å². The average Bonchev–Trinajstić information content (AvgIpc) is 2.64. The Bertz CT molecular complexity index is 616. The van der Waals surface area contributed by atoms with Gasteiger partial charge in [0.2, 0.25) is 0 Å². The van der Waals surface area contributed by atoms with Crippen molar-refractivity contribution in [2.75, 3.05) is 38.1 Å². The van der Waals surface area contributed by atoms with Gasteiger partial charge >= 0.3 is 0 Å². The summed E-state index contributed by atoms with van der Waals surface area (Å²) in [5, 5.41) is 3.78. The van der Waals surface area contributed by atoms with E-state index in [1.54, 1.807) is 0 Å². The fourth-order valence-electron chi connectivity index (χ4n) is 3.66. The van der Waals surface area contributed by atoms with E-state index in [0.29, 0.717) is 12.0 Å². The molecule has 0 aliphatic carbocycles. The van der Waals surface area contributed by atoms with Crippen molar-refractivity contribution in [3.63, 3.8) is 0 Å². The SMILES string of the molecule is CC1CN(C)CCC1NCCN(Cc1ccccc1)c1ccccn1. The van der Waals surface area contributed by atoms with Gasteiger partial charge < -0.3 is 15.1 Å². The molecule has 1 saturated heterocycles. The number of hydrogen-bond donors (Lipinski definition) is 1. The molecule has 1 aromatic carbocycles. The van der Waals surface area contributed by atoms with Gasteiger partial charge in [-0.15, -0.1) is 0 Å². The molecule has 1 aliphatic heterocycles. The van der Waals surface area contributed by atoms with Crippen LogP contribution in [0.3, 0.4) is 0 Å². The number of nitrogens with one attached hydrogen (secondary N) is 1. The van der Waals surface area contributed by atoms with Crippen LogP contribution in [-0.2, 0) is 6.54 Å². The lowest BCUT2D eigenvalue weighted by Crippen LogP contribution is -2.48. The topological polar surface area (TPSA) is 31.4 Å². The van der Waals surface area contributed by atoms with Crippen LogP contribution in [0, 0.1) is 5.92 Å². The first kappa shape index (κ1) is 17.9. The zero-order valence-corrected chi connectivity index (χ0v) is 15.4. The molecule has 1 N–H and O–H groups in total. The van der Waals surface area contributed by atoms with Crippen molar-refractivity contribution in [1.82, 2.24) is 15.2 Å². The van der Waals surface area contributed by atoms with E-state index in [9.17, 15) is 0 Å². The van der Waals surface area contributed by atoms with Crippen LogP contribution < -0.4 is 10.2 Å². The zero-order valence-electron chi connectivity index (χ0n) is 15.4. The standard InChI is InChI=1S/C21H30N4/c1-18-16-24(2)14-11-20(18)22-13-15-25(21-10-6-7-12-23-21)17-19-8-4-3-5-9-19/h3-10,12,18,20,22H,11,13-17H2,1-2H3. The van der Waals surface area contributed by atoms with Crippen molar-refractivity contribution in [1.29, 1.82) is 0 Å². The Kier molecular flexibility index (Phi) is 6.42. The minimum absolute atomic E-state index is 0.624. The van der Waals surface area contributed by atoms with Crippen LogP contribution in [0.5, 0.6) is 0 Å². The lowest BCUT2D eigenvalue weighted by Gasteiger charge is -2.36. The highest BCUT2D eigenvalue weighted by Crippen LogP contribution is 2.16. The summed E-state index contributed by atoms with van der Waals surface area (Å²) in [6, 6.07) is 17.4. The molecular weight excluding hydrogens is 308 g/mol. The van der Waals surface area contributed by atoms with Gasteiger partial charge in [0.25, 0.3) is 0 Å². The number of nitrogens with zero attached hydrogens (tertiary/aromatic N) is 3. The quantitative estimate of drug-likeness (QED) is 0.841. The molecule has 2 aromatic rings. The van der Waals surface area contributed by atoms with Crippen molar-refractivity contribution < 1.29 is 0 Å². The van der Waals surface area contributed by atoms with Crippen molar-refractivity contribution in [2.45, 2.75) is 25.9 Å². The van der Waals surface area contributed by atoms with Gasteiger partial charge in [-0.25, -0.2) is 4.98 Å². The number of pyridine rings is 1. The Balaban J connectivity index is 1.58. The van der Waals surface area contributed by atoms with E-state index in [0.717, 1.165) is 25.5 Å². The van der Waals surface area contributed by atoms with E-state index in [1.165, 1.54) is 25.1 Å². The first-order chi connectivity index (χ1) is 12.2. The molecule has 1 fully saturated rings. The molecule has 3 rings (SSSR count). The predicted octanol–water partition coefficient (Wildman–Crippen LogP) is 3.02. The van der Waals surface area contributed by atoms with E-state index in [4.69, 9.17) is 0 Å². The molecule has 0 amide bonds. The molecule has 2 atom stereocenters. The second kappa shape index (κ2) is 8.97. The smallest absolute Gasteiger partial charge is 0.128 e. The molecule has 1 aliphatic rings. The zero-order chi connectivity index (χ0) is 17.5. The van der Waals surface area contributed by atoms with Gasteiger partial charge in [0.15, 0.2) is 0 Å². The van der Waals surface area contributed by atoms with Gasteiger partial charge in [-0.1, -0.05) is 43.3 Å². The van der Waals surface area contributed by atoms with E-state index in [2.05, 4.69) is 76.5 Å². The monoisotopic (exact) mass is 338 g/mol. The molecule has 1 aromatic heterocycles. The van der Waals surface area contributed by atoms with Gasteiger partial charge in [-0.05, 0) is 43.6 Å². The van der Waals surface area contributed by atoms with Crippen LogP contribution in [0.1, 0.15) is 18.9 Å². The fraction of sp³-hybridized carbons (Fsp3) is 0.476. The Morgan fingerprint density at radius 3 is 2.68 bits per heavy atom. The lowest BCUT2D eigenvalue weighted by molar-refractivity contribution is 0.176. The molecule has 4 heteroatoms. The van der Waals surface area contributed by atoms with Crippen molar-refractivity contribution in [3.05, 3.63) is 60.3 Å². The van der Waals surface area contributed by atoms with Gasteiger partial charge in [-0.2, -0.15) is 0 Å². The van der Waals surface area contributed by atoms with Gasteiger partial charge in [0.1, 0.15) is 5.82 Å². The van der Waals surface area contributed by atoms with Crippen LogP contribution in [0.15, 0.2) is 54.7 Å². The Morgan fingerprint density at radius 2 is 1.96 bits per heavy atom. The summed E-state index contributed by atoms with van der Waals surface area (Å²) in [5.74, 6) is 1.75. The molecule has 134 valence electrons. The van der Waals surface area contributed by atoms with E-state index in [-0.39, 0.29) is 0 Å². The lowest BCUT2D eigenvalue weighted by atomic mass is 9.94. The summed E-state index contributed by atoms with van der Waals surface area (Å²) in [7, 11) is 2.22. The molecule has 0 saturated carbocycles. The fourth-order valence-corrected chi connectivity index (χ4v) is 3.66. The Morgan fingerprint density at radius 1 is 1.16 bits per heavy atom. The molecule has 2 unspecified atom stereocenters. The number of benzene rings is 1. The second-order valence-corrected chi connectivity index (χ2v) is 7.18. The highest BCUT2D eigenvalue weighted by atomic mass is 15.2. The number of likely N-dealkylation sites (tertiary alicyclic amines) is 1. The van der Waals surface area contributed by atoms with Gasteiger partial charge in [0.05, 0.1) is 0 Å². The minimum atomic E-state index is 0.624. The van der Waals surface area contributed by atoms with Crippen LogP contribution in [0.2, 0.25) is 0 Å². The first-order valence-corrected chi connectivity index (χ1v) is 9.34.